The zero-order valence-corrected chi connectivity index (χ0v) is 21.5. The van der Waals surface area contributed by atoms with Crippen molar-refractivity contribution in [1.82, 2.24) is 10.3 Å². The molecule has 0 heterocycles. The van der Waals surface area contributed by atoms with Gasteiger partial charge < -0.3 is 10.4 Å². The predicted molar refractivity (Wildman–Crippen MR) is 145 cm³/mol. The van der Waals surface area contributed by atoms with Crippen molar-refractivity contribution in [2.75, 3.05) is 25.0 Å². The van der Waals surface area contributed by atoms with Crippen LogP contribution >= 0.6 is 11.6 Å². The first-order valence-corrected chi connectivity index (χ1v) is 12.1. The molecule has 36 heavy (non-hydrogen) atoms. The van der Waals surface area contributed by atoms with Gasteiger partial charge in [-0.05, 0) is 73.0 Å². The minimum atomic E-state index is -0.496. The van der Waals surface area contributed by atoms with Crippen LogP contribution in [0.1, 0.15) is 49.9 Å². The summed E-state index contributed by atoms with van der Waals surface area (Å²) >= 11 is 6.13. The van der Waals surface area contributed by atoms with Gasteiger partial charge in [0, 0.05) is 23.7 Å². The van der Waals surface area contributed by atoms with Crippen molar-refractivity contribution in [2.24, 2.45) is 5.10 Å². The molecular formula is C28H31ClN4O3. The van der Waals surface area contributed by atoms with Gasteiger partial charge in [0.1, 0.15) is 0 Å². The Morgan fingerprint density at radius 1 is 1.03 bits per heavy atom. The molecule has 0 atom stereocenters. The maximum absolute atomic E-state index is 13.0. The third-order valence-corrected chi connectivity index (χ3v) is 6.08. The number of amides is 2. The van der Waals surface area contributed by atoms with Crippen molar-refractivity contribution in [3.8, 4) is 0 Å². The topological polar surface area (TPSA) is 94.0 Å². The molecule has 0 radical (unpaired) electrons. The maximum atomic E-state index is 13.0. The standard InChI is InChI=1S/C28H31ClN4O3/c1-4-33(12-13-34)18-22-6-5-7-23(15-22)27(35)31-26-11-10-24(29)16-25(26)28(36)32-30-17-21-9-8-19(2)20(3)14-21/h5-11,14-17,34H,4,12-13,18H2,1-3H3,(H,31,35)(H,32,36). The van der Waals surface area contributed by atoms with Gasteiger partial charge in [0.25, 0.3) is 11.8 Å². The van der Waals surface area contributed by atoms with E-state index in [2.05, 4.69) is 20.7 Å². The van der Waals surface area contributed by atoms with Crippen molar-refractivity contribution in [1.29, 1.82) is 0 Å². The van der Waals surface area contributed by atoms with Crippen LogP contribution in [-0.2, 0) is 6.54 Å². The summed E-state index contributed by atoms with van der Waals surface area (Å²) in [4.78, 5) is 27.9. The molecular weight excluding hydrogens is 476 g/mol. The lowest BCUT2D eigenvalue weighted by Gasteiger charge is -2.19. The fraction of sp³-hybridized carbons (Fsp3) is 0.250. The van der Waals surface area contributed by atoms with Crippen LogP contribution in [-0.4, -0.2) is 47.7 Å². The quantitative estimate of drug-likeness (QED) is 0.272. The lowest BCUT2D eigenvalue weighted by molar-refractivity contribution is 0.0956. The highest BCUT2D eigenvalue weighted by atomic mass is 35.5. The first kappa shape index (κ1) is 27.1. The minimum Gasteiger partial charge on any atom is -0.395 e. The van der Waals surface area contributed by atoms with E-state index in [1.807, 2.05) is 51.1 Å². The molecule has 0 aliphatic carbocycles. The number of hydrogen-bond donors (Lipinski definition) is 3. The number of nitrogens with one attached hydrogen (secondary N) is 2. The highest BCUT2D eigenvalue weighted by molar-refractivity contribution is 6.31. The van der Waals surface area contributed by atoms with Gasteiger partial charge in [-0.3, -0.25) is 14.5 Å². The number of aliphatic hydroxyl groups is 1. The van der Waals surface area contributed by atoms with E-state index >= 15 is 0 Å². The van der Waals surface area contributed by atoms with E-state index in [9.17, 15) is 14.7 Å². The molecule has 0 saturated heterocycles. The van der Waals surface area contributed by atoms with Gasteiger partial charge in [-0.1, -0.05) is 48.9 Å². The Hall–Kier alpha value is -3.52. The maximum Gasteiger partial charge on any atom is 0.273 e. The van der Waals surface area contributed by atoms with Gasteiger partial charge in [-0.2, -0.15) is 5.10 Å². The average Bonchev–Trinajstić information content (AvgIpc) is 2.87. The molecule has 0 fully saturated rings. The first-order chi connectivity index (χ1) is 17.3. The lowest BCUT2D eigenvalue weighted by Crippen LogP contribution is -2.26. The zero-order chi connectivity index (χ0) is 26.1. The van der Waals surface area contributed by atoms with Gasteiger partial charge in [-0.25, -0.2) is 5.43 Å². The van der Waals surface area contributed by atoms with Crippen LogP contribution < -0.4 is 10.7 Å². The molecule has 3 aromatic carbocycles. The number of nitrogens with zero attached hydrogens (tertiary/aromatic N) is 2. The normalized spacial score (nSPS) is 11.2. The smallest absolute Gasteiger partial charge is 0.273 e. The average molecular weight is 507 g/mol. The Labute approximate surface area is 216 Å². The van der Waals surface area contributed by atoms with Crippen molar-refractivity contribution < 1.29 is 14.7 Å². The second-order valence-corrected chi connectivity index (χ2v) is 8.92. The number of hydrazone groups is 1. The van der Waals surface area contributed by atoms with Gasteiger partial charge in [0.2, 0.25) is 0 Å². The number of carbonyl (C=O) groups excluding carboxylic acids is 2. The molecule has 8 heteroatoms. The Kier molecular flexibility index (Phi) is 9.76. The highest BCUT2D eigenvalue weighted by Gasteiger charge is 2.16. The van der Waals surface area contributed by atoms with E-state index < -0.39 is 5.91 Å². The fourth-order valence-corrected chi connectivity index (χ4v) is 3.81. The Morgan fingerprint density at radius 3 is 2.56 bits per heavy atom. The molecule has 188 valence electrons. The lowest BCUT2D eigenvalue weighted by atomic mass is 10.1. The van der Waals surface area contributed by atoms with E-state index in [1.165, 1.54) is 11.6 Å². The van der Waals surface area contributed by atoms with Crippen LogP contribution in [0.15, 0.2) is 65.8 Å². The van der Waals surface area contributed by atoms with Crippen LogP contribution in [0.25, 0.3) is 0 Å². The second-order valence-electron chi connectivity index (χ2n) is 8.48. The van der Waals surface area contributed by atoms with Crippen LogP contribution in [0.3, 0.4) is 0 Å². The molecule has 3 rings (SSSR count). The van der Waals surface area contributed by atoms with Crippen LogP contribution in [0.4, 0.5) is 5.69 Å². The van der Waals surface area contributed by atoms with E-state index in [0.717, 1.165) is 23.2 Å². The summed E-state index contributed by atoms with van der Waals surface area (Å²) in [6, 6.07) is 17.8. The van der Waals surface area contributed by atoms with Gasteiger partial charge >= 0.3 is 0 Å². The molecule has 3 N–H and O–H groups in total. The molecule has 3 aromatic rings. The van der Waals surface area contributed by atoms with Crippen molar-refractivity contribution >= 4 is 35.3 Å². The summed E-state index contributed by atoms with van der Waals surface area (Å²) < 4.78 is 0. The minimum absolute atomic E-state index is 0.0735. The van der Waals surface area contributed by atoms with Crippen LogP contribution in [0.5, 0.6) is 0 Å². The van der Waals surface area contributed by atoms with Crippen LogP contribution in [0, 0.1) is 13.8 Å². The summed E-state index contributed by atoms with van der Waals surface area (Å²) in [5.41, 5.74) is 7.60. The van der Waals surface area contributed by atoms with Crippen molar-refractivity contribution in [2.45, 2.75) is 27.3 Å². The summed E-state index contributed by atoms with van der Waals surface area (Å²) in [5, 5.41) is 16.5. The van der Waals surface area contributed by atoms with Gasteiger partial charge in [0.15, 0.2) is 0 Å². The van der Waals surface area contributed by atoms with Crippen molar-refractivity contribution in [3.05, 3.63) is 99.1 Å². The Morgan fingerprint density at radius 2 is 1.83 bits per heavy atom. The third-order valence-electron chi connectivity index (χ3n) is 5.84. The summed E-state index contributed by atoms with van der Waals surface area (Å²) in [6.45, 7) is 8.09. The van der Waals surface area contributed by atoms with E-state index in [0.29, 0.717) is 29.4 Å². The Bertz CT molecular complexity index is 1260. The molecule has 0 aromatic heterocycles. The fourth-order valence-electron chi connectivity index (χ4n) is 3.64. The number of benzene rings is 3. The molecule has 7 nitrogen and oxygen atoms in total. The largest absolute Gasteiger partial charge is 0.395 e. The van der Waals surface area contributed by atoms with Crippen LogP contribution in [0.2, 0.25) is 5.02 Å². The summed E-state index contributed by atoms with van der Waals surface area (Å²) in [6.07, 6.45) is 1.56. The molecule has 0 aliphatic rings. The molecule has 0 spiro atoms. The third kappa shape index (κ3) is 7.49. The SMILES string of the molecule is CCN(CCO)Cc1cccc(C(=O)Nc2ccc(Cl)cc2C(=O)NN=Cc2ccc(C)c(C)c2)c1. The number of anilines is 1. The van der Waals surface area contributed by atoms with E-state index in [1.54, 1.807) is 30.5 Å². The van der Waals surface area contributed by atoms with Gasteiger partial charge in [0.05, 0.1) is 24.1 Å². The number of aliphatic hydroxyl groups excluding tert-OH is 1. The predicted octanol–water partition coefficient (Wildman–Crippen LogP) is 4.79. The number of likely N-dealkylation sites (N-methyl/N-ethyl adjacent to an activating group) is 1. The van der Waals surface area contributed by atoms with E-state index in [-0.39, 0.29) is 18.1 Å². The number of carbonyl (C=O) groups is 2. The van der Waals surface area contributed by atoms with E-state index in [4.69, 9.17) is 11.6 Å². The molecule has 0 aliphatic heterocycles. The second kappa shape index (κ2) is 13.0. The zero-order valence-electron chi connectivity index (χ0n) is 20.7. The monoisotopic (exact) mass is 506 g/mol. The molecule has 0 unspecified atom stereocenters. The number of hydrogen-bond acceptors (Lipinski definition) is 5. The van der Waals surface area contributed by atoms with Gasteiger partial charge in [-0.15, -0.1) is 0 Å². The first-order valence-electron chi connectivity index (χ1n) is 11.7. The Balaban J connectivity index is 1.73. The molecule has 0 saturated carbocycles. The molecule has 0 bridgehead atoms. The molecule has 2 amide bonds. The summed E-state index contributed by atoms with van der Waals surface area (Å²) in [5.74, 6) is -0.846. The highest BCUT2D eigenvalue weighted by Crippen LogP contribution is 2.22. The summed E-state index contributed by atoms with van der Waals surface area (Å²) in [7, 11) is 0. The van der Waals surface area contributed by atoms with Crippen molar-refractivity contribution in [3.63, 3.8) is 0 Å². The number of rotatable bonds is 10. The number of halogens is 1. The number of aryl methyl sites for hydroxylation is 2.